The predicted octanol–water partition coefficient (Wildman–Crippen LogP) is 5.27. The SMILES string of the molecule is CCOc1ccc([C@H](C(=O)NC2CCCCC2)N(C(=O)c2cnccn2)c2ccc(CC)cc2)cc1. The van der Waals surface area contributed by atoms with Crippen molar-refractivity contribution in [2.75, 3.05) is 11.5 Å². The van der Waals surface area contributed by atoms with Crippen LogP contribution < -0.4 is 15.0 Å². The number of hydrogen-bond donors (Lipinski definition) is 1. The normalized spacial score (nSPS) is 14.6. The van der Waals surface area contributed by atoms with Crippen molar-refractivity contribution < 1.29 is 14.3 Å². The first-order valence-electron chi connectivity index (χ1n) is 12.8. The molecule has 0 aliphatic heterocycles. The van der Waals surface area contributed by atoms with Crippen molar-refractivity contribution in [2.24, 2.45) is 0 Å². The van der Waals surface area contributed by atoms with Crippen molar-refractivity contribution in [3.05, 3.63) is 83.9 Å². The summed E-state index contributed by atoms with van der Waals surface area (Å²) in [5.74, 6) is 0.125. The van der Waals surface area contributed by atoms with Gasteiger partial charge < -0.3 is 10.1 Å². The van der Waals surface area contributed by atoms with E-state index >= 15 is 0 Å². The van der Waals surface area contributed by atoms with Gasteiger partial charge in [-0.1, -0.05) is 50.5 Å². The lowest BCUT2D eigenvalue weighted by molar-refractivity contribution is -0.123. The van der Waals surface area contributed by atoms with Crippen LogP contribution in [0, 0.1) is 0 Å². The summed E-state index contributed by atoms with van der Waals surface area (Å²) in [4.78, 5) is 37.7. The van der Waals surface area contributed by atoms with Gasteiger partial charge in [0.15, 0.2) is 0 Å². The number of carbonyl (C=O) groups is 2. The molecule has 36 heavy (non-hydrogen) atoms. The highest BCUT2D eigenvalue weighted by Gasteiger charge is 2.35. The first-order chi connectivity index (χ1) is 17.6. The number of ether oxygens (including phenoxy) is 1. The summed E-state index contributed by atoms with van der Waals surface area (Å²) in [6, 6.07) is 14.4. The molecular weight excluding hydrogens is 452 g/mol. The fraction of sp³-hybridized carbons (Fsp3) is 0.379. The largest absolute Gasteiger partial charge is 0.494 e. The number of carbonyl (C=O) groups excluding carboxylic acids is 2. The van der Waals surface area contributed by atoms with E-state index in [1.807, 2.05) is 55.5 Å². The summed E-state index contributed by atoms with van der Waals surface area (Å²) in [5.41, 5.74) is 2.65. The van der Waals surface area contributed by atoms with Gasteiger partial charge in [-0.2, -0.15) is 0 Å². The summed E-state index contributed by atoms with van der Waals surface area (Å²) < 4.78 is 5.61. The van der Waals surface area contributed by atoms with Gasteiger partial charge in [-0.05, 0) is 61.6 Å². The molecule has 2 aromatic carbocycles. The van der Waals surface area contributed by atoms with Crippen LogP contribution >= 0.6 is 0 Å². The number of nitrogens with one attached hydrogen (secondary N) is 1. The zero-order valence-corrected chi connectivity index (χ0v) is 21.0. The van der Waals surface area contributed by atoms with Crippen LogP contribution in [0.1, 0.15) is 73.6 Å². The Bertz CT molecular complexity index is 1130. The third-order valence-electron chi connectivity index (χ3n) is 6.59. The number of aryl methyl sites for hydroxylation is 1. The molecule has 7 heteroatoms. The van der Waals surface area contributed by atoms with Crippen molar-refractivity contribution in [1.29, 1.82) is 0 Å². The molecule has 0 radical (unpaired) electrons. The number of hydrogen-bond acceptors (Lipinski definition) is 5. The highest BCUT2D eigenvalue weighted by atomic mass is 16.5. The van der Waals surface area contributed by atoms with E-state index in [9.17, 15) is 9.59 Å². The molecule has 1 aliphatic carbocycles. The molecule has 4 rings (SSSR count). The maximum absolute atomic E-state index is 13.9. The molecule has 0 saturated heterocycles. The van der Waals surface area contributed by atoms with Gasteiger partial charge in [0.25, 0.3) is 5.91 Å². The summed E-state index contributed by atoms with van der Waals surface area (Å²) in [6.07, 6.45) is 10.6. The number of amides is 2. The maximum atomic E-state index is 13.9. The lowest BCUT2D eigenvalue weighted by Gasteiger charge is -2.33. The molecule has 1 saturated carbocycles. The maximum Gasteiger partial charge on any atom is 0.279 e. The molecule has 1 fully saturated rings. The number of rotatable bonds is 9. The molecule has 1 aromatic heterocycles. The topological polar surface area (TPSA) is 84.4 Å². The first-order valence-corrected chi connectivity index (χ1v) is 12.8. The van der Waals surface area contributed by atoms with Crippen molar-refractivity contribution in [2.45, 2.75) is 64.5 Å². The van der Waals surface area contributed by atoms with E-state index in [-0.39, 0.29) is 23.6 Å². The Morgan fingerprint density at radius 3 is 2.33 bits per heavy atom. The standard InChI is InChI=1S/C29H34N4O3/c1-3-21-10-14-24(15-11-21)33(29(35)26-20-30-18-19-31-26)27(22-12-16-25(17-13-22)36-4-2)28(34)32-23-8-6-5-7-9-23/h10-20,23,27H,3-9H2,1-2H3,(H,32,34)/t27-/m1/s1. The quantitative estimate of drug-likeness (QED) is 0.445. The van der Waals surface area contributed by atoms with Gasteiger partial charge in [-0.3, -0.25) is 19.5 Å². The molecular formula is C29H34N4O3. The van der Waals surface area contributed by atoms with Crippen molar-refractivity contribution >= 4 is 17.5 Å². The van der Waals surface area contributed by atoms with Crippen molar-refractivity contribution in [3.63, 3.8) is 0 Å². The number of aromatic nitrogens is 2. The van der Waals surface area contributed by atoms with Crippen LogP contribution in [0.3, 0.4) is 0 Å². The molecule has 3 aromatic rings. The number of nitrogens with zero attached hydrogens (tertiary/aromatic N) is 3. The summed E-state index contributed by atoms with van der Waals surface area (Å²) in [5, 5.41) is 3.24. The van der Waals surface area contributed by atoms with Gasteiger partial charge in [0, 0.05) is 24.1 Å². The second-order valence-corrected chi connectivity index (χ2v) is 9.03. The lowest BCUT2D eigenvalue weighted by atomic mass is 9.94. The molecule has 1 atom stereocenters. The van der Waals surface area contributed by atoms with Crippen LogP contribution in [0.4, 0.5) is 5.69 Å². The van der Waals surface area contributed by atoms with Gasteiger partial charge in [0.2, 0.25) is 5.91 Å². The molecule has 2 amide bonds. The minimum atomic E-state index is -0.885. The van der Waals surface area contributed by atoms with E-state index in [0.29, 0.717) is 23.6 Å². The third kappa shape index (κ3) is 6.08. The van der Waals surface area contributed by atoms with Gasteiger partial charge in [0.1, 0.15) is 17.5 Å². The van der Waals surface area contributed by atoms with Gasteiger partial charge in [-0.15, -0.1) is 0 Å². The third-order valence-corrected chi connectivity index (χ3v) is 6.59. The van der Waals surface area contributed by atoms with Crippen molar-refractivity contribution in [1.82, 2.24) is 15.3 Å². The monoisotopic (exact) mass is 486 g/mol. The Labute approximate surface area is 212 Å². The number of anilines is 1. The molecule has 1 aliphatic rings. The van der Waals surface area contributed by atoms with E-state index in [0.717, 1.165) is 37.7 Å². The van der Waals surface area contributed by atoms with Gasteiger partial charge in [0.05, 0.1) is 12.8 Å². The van der Waals surface area contributed by atoms with Crippen molar-refractivity contribution in [3.8, 4) is 5.75 Å². The Balaban J connectivity index is 1.78. The first kappa shape index (κ1) is 25.4. The van der Waals surface area contributed by atoms with Crippen LogP contribution in [-0.2, 0) is 11.2 Å². The van der Waals surface area contributed by atoms with E-state index < -0.39 is 6.04 Å². The fourth-order valence-electron chi connectivity index (χ4n) is 4.67. The van der Waals surface area contributed by atoms with Crippen LogP contribution in [0.5, 0.6) is 5.75 Å². The highest BCUT2D eigenvalue weighted by Crippen LogP contribution is 2.31. The summed E-state index contributed by atoms with van der Waals surface area (Å²) in [7, 11) is 0. The minimum absolute atomic E-state index is 0.104. The zero-order chi connectivity index (χ0) is 25.3. The summed E-state index contributed by atoms with van der Waals surface area (Å²) in [6.45, 7) is 4.55. The highest BCUT2D eigenvalue weighted by molar-refractivity contribution is 6.09. The van der Waals surface area contributed by atoms with Crippen LogP contribution in [0.15, 0.2) is 67.1 Å². The Hall–Kier alpha value is -3.74. The van der Waals surface area contributed by atoms with Crippen LogP contribution in [-0.4, -0.2) is 34.4 Å². The smallest absolute Gasteiger partial charge is 0.279 e. The van der Waals surface area contributed by atoms with Gasteiger partial charge in [-0.25, -0.2) is 4.98 Å². The summed E-state index contributed by atoms with van der Waals surface area (Å²) >= 11 is 0. The molecule has 0 bridgehead atoms. The zero-order valence-electron chi connectivity index (χ0n) is 21.0. The van der Waals surface area contributed by atoms with E-state index in [2.05, 4.69) is 22.2 Å². The van der Waals surface area contributed by atoms with E-state index in [1.165, 1.54) is 29.9 Å². The fourth-order valence-corrected chi connectivity index (χ4v) is 4.67. The average molecular weight is 487 g/mol. The second-order valence-electron chi connectivity index (χ2n) is 9.03. The van der Waals surface area contributed by atoms with Crippen LogP contribution in [0.25, 0.3) is 0 Å². The minimum Gasteiger partial charge on any atom is -0.494 e. The molecule has 188 valence electrons. The Morgan fingerprint density at radius 1 is 1.00 bits per heavy atom. The predicted molar refractivity (Wildman–Crippen MR) is 140 cm³/mol. The van der Waals surface area contributed by atoms with Gasteiger partial charge >= 0.3 is 0 Å². The lowest BCUT2D eigenvalue weighted by Crippen LogP contribution is -2.47. The molecule has 1 heterocycles. The average Bonchev–Trinajstić information content (AvgIpc) is 2.93. The molecule has 0 unspecified atom stereocenters. The molecule has 1 N–H and O–H groups in total. The van der Waals surface area contributed by atoms with E-state index in [4.69, 9.17) is 4.74 Å². The molecule has 0 spiro atoms. The number of benzene rings is 2. The Morgan fingerprint density at radius 2 is 1.72 bits per heavy atom. The molecule has 7 nitrogen and oxygen atoms in total. The van der Waals surface area contributed by atoms with Crippen LogP contribution in [0.2, 0.25) is 0 Å². The Kier molecular flexibility index (Phi) is 8.66. The second kappa shape index (κ2) is 12.3. The van der Waals surface area contributed by atoms with E-state index in [1.54, 1.807) is 0 Å².